The van der Waals surface area contributed by atoms with Gasteiger partial charge in [0.15, 0.2) is 5.69 Å². The van der Waals surface area contributed by atoms with E-state index in [1.807, 2.05) is 42.3 Å². The van der Waals surface area contributed by atoms with Gasteiger partial charge in [0.1, 0.15) is 0 Å². The number of para-hydroxylation sites is 1. The summed E-state index contributed by atoms with van der Waals surface area (Å²) in [5.74, 6) is -0.272. The lowest BCUT2D eigenvalue weighted by molar-refractivity contribution is -0.137. The number of fused-ring (bicyclic) bond motifs is 1. The van der Waals surface area contributed by atoms with Crippen molar-refractivity contribution in [3.8, 4) is 0 Å². The van der Waals surface area contributed by atoms with Crippen LogP contribution in [0.25, 0.3) is 0 Å². The van der Waals surface area contributed by atoms with Gasteiger partial charge in [0.2, 0.25) is 11.8 Å². The SMILES string of the molecule is Cn1nc(C(=O)Nc2ccccc2)c2c1CCN(C(=O)CCC(=O)N1CCCC1)C2. The lowest BCUT2D eigenvalue weighted by Crippen LogP contribution is -2.37. The lowest BCUT2D eigenvalue weighted by atomic mass is 10.0. The molecule has 1 N–H and O–H groups in total. The number of rotatable bonds is 5. The van der Waals surface area contributed by atoms with E-state index < -0.39 is 0 Å². The number of hydrogen-bond acceptors (Lipinski definition) is 4. The Balaban J connectivity index is 1.41. The zero-order valence-corrected chi connectivity index (χ0v) is 17.3. The average molecular weight is 409 g/mol. The van der Waals surface area contributed by atoms with Crippen molar-refractivity contribution >= 4 is 23.4 Å². The number of nitrogens with zero attached hydrogens (tertiary/aromatic N) is 4. The minimum absolute atomic E-state index is 0.0496. The molecule has 2 aromatic rings. The molecule has 0 aliphatic carbocycles. The largest absolute Gasteiger partial charge is 0.343 e. The van der Waals surface area contributed by atoms with Crippen LogP contribution in [0.4, 0.5) is 5.69 Å². The van der Waals surface area contributed by atoms with Crippen LogP contribution in [-0.4, -0.2) is 56.9 Å². The van der Waals surface area contributed by atoms with Crippen molar-refractivity contribution in [3.05, 3.63) is 47.3 Å². The Morgan fingerprint density at radius 3 is 2.33 bits per heavy atom. The summed E-state index contributed by atoms with van der Waals surface area (Å²) >= 11 is 0. The van der Waals surface area contributed by atoms with Crippen molar-refractivity contribution in [2.45, 2.75) is 38.6 Å². The van der Waals surface area contributed by atoms with E-state index in [0.29, 0.717) is 30.9 Å². The maximum absolute atomic E-state index is 12.8. The number of carbonyl (C=O) groups excluding carboxylic acids is 3. The summed E-state index contributed by atoms with van der Waals surface area (Å²) < 4.78 is 1.73. The van der Waals surface area contributed by atoms with Crippen LogP contribution in [-0.2, 0) is 29.6 Å². The van der Waals surface area contributed by atoms with Crippen LogP contribution in [0, 0.1) is 0 Å². The Morgan fingerprint density at radius 1 is 0.967 bits per heavy atom. The Labute approximate surface area is 175 Å². The summed E-state index contributed by atoms with van der Waals surface area (Å²) in [6.07, 6.45) is 3.18. The standard InChI is InChI=1S/C22H27N5O3/c1-25-18-11-14-27(20(29)10-9-19(28)26-12-5-6-13-26)15-17(18)21(24-25)22(30)23-16-7-3-2-4-8-16/h2-4,7-8H,5-6,9-15H2,1H3,(H,23,30). The zero-order valence-electron chi connectivity index (χ0n) is 17.3. The summed E-state index contributed by atoms with van der Waals surface area (Å²) in [5.41, 5.74) is 2.81. The predicted octanol–water partition coefficient (Wildman–Crippen LogP) is 1.96. The van der Waals surface area contributed by atoms with E-state index in [4.69, 9.17) is 0 Å². The summed E-state index contributed by atoms with van der Waals surface area (Å²) in [6.45, 7) is 2.52. The predicted molar refractivity (Wildman–Crippen MR) is 112 cm³/mol. The van der Waals surface area contributed by atoms with Crippen LogP contribution >= 0.6 is 0 Å². The molecule has 4 rings (SSSR count). The first-order valence-corrected chi connectivity index (χ1v) is 10.5. The van der Waals surface area contributed by atoms with E-state index >= 15 is 0 Å². The molecule has 1 aromatic heterocycles. The number of nitrogens with one attached hydrogen (secondary N) is 1. The molecule has 2 aliphatic heterocycles. The highest BCUT2D eigenvalue weighted by molar-refractivity contribution is 6.04. The fourth-order valence-corrected chi connectivity index (χ4v) is 4.20. The van der Waals surface area contributed by atoms with Crippen molar-refractivity contribution in [2.24, 2.45) is 7.05 Å². The monoisotopic (exact) mass is 409 g/mol. The number of carbonyl (C=O) groups is 3. The van der Waals surface area contributed by atoms with Gasteiger partial charge in [-0.1, -0.05) is 18.2 Å². The molecule has 30 heavy (non-hydrogen) atoms. The van der Waals surface area contributed by atoms with Crippen molar-refractivity contribution in [1.82, 2.24) is 19.6 Å². The highest BCUT2D eigenvalue weighted by Gasteiger charge is 2.29. The topological polar surface area (TPSA) is 87.5 Å². The molecule has 1 fully saturated rings. The second kappa shape index (κ2) is 8.69. The molecule has 1 aromatic carbocycles. The smallest absolute Gasteiger partial charge is 0.276 e. The molecule has 0 unspecified atom stereocenters. The first kappa shape index (κ1) is 20.1. The number of anilines is 1. The van der Waals surface area contributed by atoms with Gasteiger partial charge in [-0.05, 0) is 25.0 Å². The molecular weight excluding hydrogens is 382 g/mol. The minimum Gasteiger partial charge on any atom is -0.343 e. The van der Waals surface area contributed by atoms with E-state index in [0.717, 1.165) is 37.2 Å². The van der Waals surface area contributed by atoms with Gasteiger partial charge in [-0.25, -0.2) is 0 Å². The van der Waals surface area contributed by atoms with Crippen LogP contribution in [0.1, 0.15) is 47.4 Å². The highest BCUT2D eigenvalue weighted by atomic mass is 16.2. The molecule has 8 nitrogen and oxygen atoms in total. The van der Waals surface area contributed by atoms with Gasteiger partial charge >= 0.3 is 0 Å². The van der Waals surface area contributed by atoms with E-state index in [9.17, 15) is 14.4 Å². The third kappa shape index (κ3) is 4.22. The molecule has 0 atom stereocenters. The molecule has 0 radical (unpaired) electrons. The van der Waals surface area contributed by atoms with Gasteiger partial charge in [0, 0.05) is 69.4 Å². The van der Waals surface area contributed by atoms with Crippen molar-refractivity contribution in [1.29, 1.82) is 0 Å². The fourth-order valence-electron chi connectivity index (χ4n) is 4.20. The molecule has 8 heteroatoms. The van der Waals surface area contributed by atoms with Crippen LogP contribution in [0.3, 0.4) is 0 Å². The maximum Gasteiger partial charge on any atom is 0.276 e. The molecule has 0 saturated carbocycles. The number of aryl methyl sites for hydroxylation is 1. The summed E-state index contributed by atoms with van der Waals surface area (Å²) in [4.78, 5) is 41.3. The normalized spacial score (nSPS) is 15.8. The molecule has 158 valence electrons. The highest BCUT2D eigenvalue weighted by Crippen LogP contribution is 2.24. The van der Waals surface area contributed by atoms with Gasteiger partial charge in [-0.15, -0.1) is 0 Å². The first-order valence-electron chi connectivity index (χ1n) is 10.5. The van der Waals surface area contributed by atoms with Gasteiger partial charge in [-0.2, -0.15) is 5.10 Å². The van der Waals surface area contributed by atoms with E-state index in [2.05, 4.69) is 10.4 Å². The molecule has 1 saturated heterocycles. The number of amides is 3. The lowest BCUT2D eigenvalue weighted by Gasteiger charge is -2.28. The van der Waals surface area contributed by atoms with Gasteiger partial charge in [0.25, 0.3) is 5.91 Å². The summed E-state index contributed by atoms with van der Waals surface area (Å²) in [7, 11) is 1.82. The zero-order chi connectivity index (χ0) is 21.1. The summed E-state index contributed by atoms with van der Waals surface area (Å²) in [5, 5.41) is 7.28. The van der Waals surface area contributed by atoms with E-state index in [-0.39, 0.29) is 30.6 Å². The fraction of sp³-hybridized carbons (Fsp3) is 0.455. The molecule has 3 heterocycles. The van der Waals surface area contributed by atoms with E-state index in [1.165, 1.54) is 0 Å². The third-order valence-electron chi connectivity index (χ3n) is 5.85. The first-order chi connectivity index (χ1) is 14.5. The Bertz CT molecular complexity index is 947. The molecular formula is C22H27N5O3. The quantitative estimate of drug-likeness (QED) is 0.818. The number of likely N-dealkylation sites (tertiary alicyclic amines) is 1. The van der Waals surface area contributed by atoms with Crippen molar-refractivity contribution in [2.75, 3.05) is 25.0 Å². The van der Waals surface area contributed by atoms with Gasteiger partial charge in [0.05, 0.1) is 0 Å². The van der Waals surface area contributed by atoms with Crippen molar-refractivity contribution < 1.29 is 14.4 Å². The maximum atomic E-state index is 12.8. The Morgan fingerprint density at radius 2 is 1.63 bits per heavy atom. The van der Waals surface area contributed by atoms with Crippen LogP contribution in [0.15, 0.2) is 30.3 Å². The molecule has 2 aliphatic rings. The third-order valence-corrected chi connectivity index (χ3v) is 5.85. The van der Waals surface area contributed by atoms with Gasteiger partial charge in [-0.3, -0.25) is 19.1 Å². The second-order valence-electron chi connectivity index (χ2n) is 7.87. The number of benzene rings is 1. The number of hydrogen-bond donors (Lipinski definition) is 1. The summed E-state index contributed by atoms with van der Waals surface area (Å²) in [6, 6.07) is 9.23. The Hall–Kier alpha value is -3.16. The van der Waals surface area contributed by atoms with Gasteiger partial charge < -0.3 is 15.1 Å². The molecule has 3 amide bonds. The second-order valence-corrected chi connectivity index (χ2v) is 7.87. The van der Waals surface area contributed by atoms with E-state index in [1.54, 1.807) is 9.58 Å². The van der Waals surface area contributed by atoms with Crippen LogP contribution < -0.4 is 5.32 Å². The Kier molecular flexibility index (Phi) is 5.83. The minimum atomic E-state index is -0.281. The molecule has 0 bridgehead atoms. The molecule has 0 spiro atoms. The average Bonchev–Trinajstić information content (AvgIpc) is 3.41. The van der Waals surface area contributed by atoms with Crippen LogP contribution in [0.5, 0.6) is 0 Å². The van der Waals surface area contributed by atoms with Crippen molar-refractivity contribution in [3.63, 3.8) is 0 Å². The van der Waals surface area contributed by atoms with Crippen LogP contribution in [0.2, 0.25) is 0 Å². The number of aromatic nitrogens is 2.